The maximum atomic E-state index is 12.1. The van der Waals surface area contributed by atoms with E-state index in [1.807, 2.05) is 26.8 Å². The van der Waals surface area contributed by atoms with Gasteiger partial charge in [0.25, 0.3) is 5.56 Å². The summed E-state index contributed by atoms with van der Waals surface area (Å²) in [5, 5.41) is 0.670. The summed E-state index contributed by atoms with van der Waals surface area (Å²) in [6.45, 7) is 5.86. The lowest BCUT2D eigenvalue weighted by Gasteiger charge is -2.10. The van der Waals surface area contributed by atoms with E-state index in [2.05, 4.69) is 20.9 Å². The predicted molar refractivity (Wildman–Crippen MR) is 68.9 cm³/mol. The Labute approximate surface area is 102 Å². The second kappa shape index (κ2) is 3.70. The van der Waals surface area contributed by atoms with Crippen molar-refractivity contribution in [2.45, 2.75) is 20.8 Å². The molecule has 0 spiro atoms. The molecule has 0 bridgehead atoms. The van der Waals surface area contributed by atoms with Crippen LogP contribution in [-0.4, -0.2) is 9.55 Å². The van der Waals surface area contributed by atoms with Crippen molar-refractivity contribution in [3.8, 4) is 0 Å². The first-order chi connectivity index (χ1) is 7.43. The summed E-state index contributed by atoms with van der Waals surface area (Å²) in [6, 6.07) is 1.91. The normalized spacial score (nSPS) is 11.1. The second-order valence-electron chi connectivity index (χ2n) is 4.05. The third kappa shape index (κ3) is 1.48. The van der Waals surface area contributed by atoms with Gasteiger partial charge in [0, 0.05) is 11.5 Å². The average molecular weight is 281 g/mol. The van der Waals surface area contributed by atoms with Gasteiger partial charge < -0.3 is 0 Å². The van der Waals surface area contributed by atoms with Crippen molar-refractivity contribution < 1.29 is 0 Å². The first-order valence-corrected chi connectivity index (χ1v) is 5.86. The van der Waals surface area contributed by atoms with Gasteiger partial charge in [-0.1, -0.05) is 0 Å². The molecule has 1 aromatic heterocycles. The standard InChI is InChI=1S/C12H13BrN2O/c1-6-5-9-11(10(13)7(6)2)14-8(3)15(4)12(9)16/h5H,1-4H3. The zero-order chi connectivity index (χ0) is 12.0. The van der Waals surface area contributed by atoms with E-state index in [1.54, 1.807) is 11.6 Å². The summed E-state index contributed by atoms with van der Waals surface area (Å²) in [5.74, 6) is 0.724. The molecule has 2 rings (SSSR count). The van der Waals surface area contributed by atoms with Crippen molar-refractivity contribution in [3.63, 3.8) is 0 Å². The van der Waals surface area contributed by atoms with Gasteiger partial charge in [0.1, 0.15) is 5.82 Å². The van der Waals surface area contributed by atoms with Gasteiger partial charge in [-0.15, -0.1) is 0 Å². The van der Waals surface area contributed by atoms with Crippen LogP contribution in [0.1, 0.15) is 17.0 Å². The first-order valence-electron chi connectivity index (χ1n) is 5.06. The van der Waals surface area contributed by atoms with Gasteiger partial charge in [0.2, 0.25) is 0 Å². The molecule has 0 fully saturated rings. The summed E-state index contributed by atoms with van der Waals surface area (Å²) < 4.78 is 2.49. The Hall–Kier alpha value is -1.16. The molecular weight excluding hydrogens is 268 g/mol. The van der Waals surface area contributed by atoms with Gasteiger partial charge in [0.15, 0.2) is 0 Å². The highest BCUT2D eigenvalue weighted by atomic mass is 79.9. The molecule has 84 valence electrons. The zero-order valence-electron chi connectivity index (χ0n) is 9.76. The summed E-state index contributed by atoms with van der Waals surface area (Å²) in [7, 11) is 1.74. The molecule has 0 saturated carbocycles. The van der Waals surface area contributed by atoms with Crippen LogP contribution in [0, 0.1) is 20.8 Å². The molecule has 0 N–H and O–H groups in total. The minimum Gasteiger partial charge on any atom is -0.299 e. The van der Waals surface area contributed by atoms with Gasteiger partial charge >= 0.3 is 0 Å². The highest BCUT2D eigenvalue weighted by Gasteiger charge is 2.11. The van der Waals surface area contributed by atoms with Crippen molar-refractivity contribution in [2.24, 2.45) is 7.05 Å². The summed E-state index contributed by atoms with van der Waals surface area (Å²) >= 11 is 3.51. The fraction of sp³-hybridized carbons (Fsp3) is 0.333. The van der Waals surface area contributed by atoms with Crippen LogP contribution >= 0.6 is 15.9 Å². The van der Waals surface area contributed by atoms with E-state index >= 15 is 0 Å². The number of aryl methyl sites for hydroxylation is 2. The summed E-state index contributed by atoms with van der Waals surface area (Å²) in [6.07, 6.45) is 0. The molecule has 16 heavy (non-hydrogen) atoms. The van der Waals surface area contributed by atoms with Crippen molar-refractivity contribution in [3.05, 3.63) is 37.8 Å². The molecule has 1 heterocycles. The number of aromatic nitrogens is 2. The highest BCUT2D eigenvalue weighted by molar-refractivity contribution is 9.10. The summed E-state index contributed by atoms with van der Waals surface area (Å²) in [4.78, 5) is 16.5. The third-order valence-corrected chi connectivity index (χ3v) is 4.01. The molecule has 0 saturated heterocycles. The molecule has 0 amide bonds. The molecule has 4 heteroatoms. The van der Waals surface area contributed by atoms with Gasteiger partial charge in [0.05, 0.1) is 10.9 Å². The Morgan fingerprint density at radius 1 is 1.31 bits per heavy atom. The van der Waals surface area contributed by atoms with Crippen molar-refractivity contribution in [1.82, 2.24) is 9.55 Å². The minimum atomic E-state index is 0.00583. The first kappa shape index (κ1) is 11.3. The van der Waals surface area contributed by atoms with Gasteiger partial charge in [-0.2, -0.15) is 0 Å². The lowest BCUT2D eigenvalue weighted by atomic mass is 10.1. The van der Waals surface area contributed by atoms with Crippen LogP contribution in [0.4, 0.5) is 0 Å². The molecule has 0 aliphatic rings. The lowest BCUT2D eigenvalue weighted by Crippen LogP contribution is -2.21. The van der Waals surface area contributed by atoms with Crippen LogP contribution in [0.2, 0.25) is 0 Å². The number of rotatable bonds is 0. The Morgan fingerprint density at radius 2 is 1.94 bits per heavy atom. The van der Waals surface area contributed by atoms with Gasteiger partial charge in [-0.3, -0.25) is 9.36 Å². The largest absolute Gasteiger partial charge is 0.299 e. The monoisotopic (exact) mass is 280 g/mol. The average Bonchev–Trinajstić information content (AvgIpc) is 2.25. The number of nitrogens with zero attached hydrogens (tertiary/aromatic N) is 2. The number of fused-ring (bicyclic) bond motifs is 1. The van der Waals surface area contributed by atoms with Crippen LogP contribution in [0.5, 0.6) is 0 Å². The molecule has 0 radical (unpaired) electrons. The van der Waals surface area contributed by atoms with E-state index in [9.17, 15) is 4.79 Å². The smallest absolute Gasteiger partial charge is 0.261 e. The number of hydrogen-bond donors (Lipinski definition) is 0. The van der Waals surface area contributed by atoms with E-state index in [0.29, 0.717) is 5.39 Å². The Kier molecular flexibility index (Phi) is 2.62. The third-order valence-electron chi connectivity index (χ3n) is 3.04. The minimum absolute atomic E-state index is 0.00583. The van der Waals surface area contributed by atoms with Crippen LogP contribution in [0.15, 0.2) is 15.3 Å². The molecule has 0 aliphatic heterocycles. The zero-order valence-corrected chi connectivity index (χ0v) is 11.3. The van der Waals surface area contributed by atoms with Crippen LogP contribution in [-0.2, 0) is 7.05 Å². The highest BCUT2D eigenvalue weighted by Crippen LogP contribution is 2.26. The number of halogens is 1. The number of benzene rings is 1. The topological polar surface area (TPSA) is 34.9 Å². The molecule has 0 aliphatic carbocycles. The van der Waals surface area contributed by atoms with Crippen LogP contribution in [0.25, 0.3) is 10.9 Å². The lowest BCUT2D eigenvalue weighted by molar-refractivity contribution is 0.791. The summed E-state index contributed by atoms with van der Waals surface area (Å²) in [5.41, 5.74) is 2.99. The Balaban J connectivity index is 3.09. The predicted octanol–water partition coefficient (Wildman–Crippen LogP) is 2.62. The van der Waals surface area contributed by atoms with E-state index in [0.717, 1.165) is 26.9 Å². The van der Waals surface area contributed by atoms with Crippen LogP contribution < -0.4 is 5.56 Å². The van der Waals surface area contributed by atoms with Crippen LogP contribution in [0.3, 0.4) is 0 Å². The molecule has 2 aromatic rings. The van der Waals surface area contributed by atoms with E-state index in [-0.39, 0.29) is 5.56 Å². The van der Waals surface area contributed by atoms with E-state index < -0.39 is 0 Å². The van der Waals surface area contributed by atoms with Gasteiger partial charge in [-0.05, 0) is 53.9 Å². The van der Waals surface area contributed by atoms with Crippen molar-refractivity contribution >= 4 is 26.8 Å². The van der Waals surface area contributed by atoms with E-state index in [1.165, 1.54) is 0 Å². The second-order valence-corrected chi connectivity index (χ2v) is 4.84. The van der Waals surface area contributed by atoms with Crippen molar-refractivity contribution in [2.75, 3.05) is 0 Å². The molecule has 1 aromatic carbocycles. The maximum Gasteiger partial charge on any atom is 0.261 e. The molecular formula is C12H13BrN2O. The number of hydrogen-bond acceptors (Lipinski definition) is 2. The van der Waals surface area contributed by atoms with E-state index in [4.69, 9.17) is 0 Å². The van der Waals surface area contributed by atoms with Crippen molar-refractivity contribution in [1.29, 1.82) is 0 Å². The Morgan fingerprint density at radius 3 is 2.56 bits per heavy atom. The molecule has 3 nitrogen and oxygen atoms in total. The quantitative estimate of drug-likeness (QED) is 0.744. The fourth-order valence-electron chi connectivity index (χ4n) is 1.70. The fourth-order valence-corrected chi connectivity index (χ4v) is 2.31. The SMILES string of the molecule is Cc1cc2c(=O)n(C)c(C)nc2c(Br)c1C. The van der Waals surface area contributed by atoms with Gasteiger partial charge in [-0.25, -0.2) is 4.98 Å². The molecule has 0 atom stereocenters. The Bertz CT molecular complexity index is 644. The molecule has 0 unspecified atom stereocenters. The maximum absolute atomic E-state index is 12.1.